The van der Waals surface area contributed by atoms with E-state index in [1.54, 1.807) is 24.3 Å². The van der Waals surface area contributed by atoms with Crippen molar-refractivity contribution >= 4 is 11.6 Å². The number of halogens is 3. The Balaban J connectivity index is 2.04. The van der Waals surface area contributed by atoms with Crippen LogP contribution in [0.1, 0.15) is 17.2 Å². The highest BCUT2D eigenvalue weighted by Gasteiger charge is 2.39. The molecule has 0 aromatic heterocycles. The monoisotopic (exact) mass is 383 g/mol. The van der Waals surface area contributed by atoms with Crippen molar-refractivity contribution in [2.75, 3.05) is 26.3 Å². The number of hydrogen-bond donors (Lipinski definition) is 1. The minimum atomic E-state index is -5.03. The van der Waals surface area contributed by atoms with Gasteiger partial charge < -0.3 is 24.3 Å². The van der Waals surface area contributed by atoms with Gasteiger partial charge in [-0.3, -0.25) is 4.79 Å². The first-order valence-electron chi connectivity index (χ1n) is 7.82. The molecular weight excluding hydrogens is 367 g/mol. The van der Waals surface area contributed by atoms with Crippen LogP contribution < -0.4 is 19.5 Å². The summed E-state index contributed by atoms with van der Waals surface area (Å²) >= 11 is 0. The van der Waals surface area contributed by atoms with Crippen LogP contribution in [0.25, 0.3) is 0 Å². The van der Waals surface area contributed by atoms with Crippen molar-refractivity contribution in [2.45, 2.75) is 12.3 Å². The molecule has 2 aromatic rings. The zero-order valence-corrected chi connectivity index (χ0v) is 14.4. The number of hydrogen-bond acceptors (Lipinski definition) is 5. The topological polar surface area (TPSA) is 66.0 Å². The predicted molar refractivity (Wildman–Crippen MR) is 89.1 cm³/mol. The van der Waals surface area contributed by atoms with Crippen LogP contribution >= 0.6 is 0 Å². The second-order valence-electron chi connectivity index (χ2n) is 5.63. The third kappa shape index (κ3) is 3.92. The molecule has 0 saturated heterocycles. The molecular formula is C18H16F3NO5. The molecule has 1 aliphatic heterocycles. The van der Waals surface area contributed by atoms with Gasteiger partial charge in [-0.25, -0.2) is 0 Å². The number of alkyl halides is 3. The van der Waals surface area contributed by atoms with E-state index < -0.39 is 18.2 Å². The summed E-state index contributed by atoms with van der Waals surface area (Å²) in [5, 5.41) is 1.88. The Morgan fingerprint density at radius 1 is 1.11 bits per heavy atom. The van der Waals surface area contributed by atoms with Gasteiger partial charge in [-0.2, -0.15) is 13.2 Å². The lowest BCUT2D eigenvalue weighted by atomic mass is 9.98. The van der Waals surface area contributed by atoms with Gasteiger partial charge in [-0.1, -0.05) is 12.1 Å². The lowest BCUT2D eigenvalue weighted by Crippen LogP contribution is -2.30. The van der Waals surface area contributed by atoms with Crippen LogP contribution in [0.2, 0.25) is 0 Å². The molecule has 144 valence electrons. The highest BCUT2D eigenvalue weighted by molar-refractivity contribution is 5.96. The number of amides is 1. The first-order valence-corrected chi connectivity index (χ1v) is 7.82. The molecule has 9 heteroatoms. The van der Waals surface area contributed by atoms with Gasteiger partial charge >= 0.3 is 12.1 Å². The first kappa shape index (κ1) is 18.8. The van der Waals surface area contributed by atoms with Gasteiger partial charge in [0.15, 0.2) is 11.5 Å². The van der Waals surface area contributed by atoms with Gasteiger partial charge in [-0.05, 0) is 23.8 Å². The Morgan fingerprint density at radius 2 is 1.74 bits per heavy atom. The maximum atomic E-state index is 12.7. The summed E-state index contributed by atoms with van der Waals surface area (Å²) in [6.07, 6.45) is -5.79. The van der Waals surface area contributed by atoms with E-state index in [-0.39, 0.29) is 18.2 Å². The Labute approximate surface area is 152 Å². The number of methoxy groups -OCH3 is 2. The van der Waals surface area contributed by atoms with Crippen LogP contribution in [0, 0.1) is 0 Å². The molecule has 0 saturated carbocycles. The molecule has 1 aliphatic rings. The summed E-state index contributed by atoms with van der Waals surface area (Å²) in [5.74, 6) is -0.886. The van der Waals surface area contributed by atoms with Gasteiger partial charge in [0.2, 0.25) is 6.79 Å². The highest BCUT2D eigenvalue weighted by Crippen LogP contribution is 2.42. The Kier molecular flexibility index (Phi) is 5.13. The average molecular weight is 383 g/mol. The normalized spacial score (nSPS) is 14.0. The van der Waals surface area contributed by atoms with Gasteiger partial charge in [0.05, 0.1) is 12.8 Å². The minimum Gasteiger partial charge on any atom is -0.497 e. The Bertz CT molecular complexity index is 836. The number of fused-ring (bicyclic) bond motifs is 1. The third-order valence-electron chi connectivity index (χ3n) is 3.99. The third-order valence-corrected chi connectivity index (χ3v) is 3.99. The van der Waals surface area contributed by atoms with Crippen LogP contribution in [0.4, 0.5) is 18.9 Å². The van der Waals surface area contributed by atoms with E-state index in [4.69, 9.17) is 18.9 Å². The standard InChI is InChI=1S/C18H16F3NO5/c1-24-11-5-3-10(4-6-11)16(25-2)12-7-14-15(27-9-26-14)8-13(12)22-17(23)18(19,20)21/h3-8,16H,9H2,1-2H3,(H,22,23). The summed E-state index contributed by atoms with van der Waals surface area (Å²) in [7, 11) is 2.93. The number of anilines is 1. The van der Waals surface area contributed by atoms with E-state index in [0.717, 1.165) is 0 Å². The highest BCUT2D eigenvalue weighted by atomic mass is 19.4. The van der Waals surface area contributed by atoms with E-state index in [2.05, 4.69) is 0 Å². The van der Waals surface area contributed by atoms with Crippen molar-refractivity contribution in [3.8, 4) is 17.2 Å². The molecule has 2 aromatic carbocycles. The second kappa shape index (κ2) is 7.36. The molecule has 1 heterocycles. The molecule has 1 atom stereocenters. The molecule has 0 spiro atoms. The maximum Gasteiger partial charge on any atom is 0.471 e. The fraction of sp³-hybridized carbons (Fsp3) is 0.278. The fourth-order valence-electron chi connectivity index (χ4n) is 2.70. The molecule has 6 nitrogen and oxygen atoms in total. The summed E-state index contributed by atoms with van der Waals surface area (Å²) in [5.41, 5.74) is 0.869. The van der Waals surface area contributed by atoms with Crippen LogP contribution in [0.5, 0.6) is 17.2 Å². The van der Waals surface area contributed by atoms with E-state index in [1.807, 2.05) is 5.32 Å². The molecule has 0 aliphatic carbocycles. The Hall–Kier alpha value is -2.94. The van der Waals surface area contributed by atoms with E-state index >= 15 is 0 Å². The maximum absolute atomic E-state index is 12.7. The summed E-state index contributed by atoms with van der Waals surface area (Å²) in [6, 6.07) is 9.61. The molecule has 1 amide bonds. The molecule has 0 bridgehead atoms. The molecule has 27 heavy (non-hydrogen) atoms. The molecule has 0 radical (unpaired) electrons. The molecule has 1 N–H and O–H groups in total. The summed E-state index contributed by atoms with van der Waals surface area (Å²) < 4.78 is 59.2. The van der Waals surface area contributed by atoms with Crippen LogP contribution in [-0.4, -0.2) is 33.1 Å². The van der Waals surface area contributed by atoms with Crippen molar-refractivity contribution in [2.24, 2.45) is 0 Å². The van der Waals surface area contributed by atoms with Crippen LogP contribution in [0.3, 0.4) is 0 Å². The number of ether oxygens (including phenoxy) is 4. The van der Waals surface area contributed by atoms with Gasteiger partial charge in [0, 0.05) is 18.7 Å². The van der Waals surface area contributed by atoms with Crippen molar-refractivity contribution in [1.82, 2.24) is 0 Å². The average Bonchev–Trinajstić information content (AvgIpc) is 3.09. The van der Waals surface area contributed by atoms with Gasteiger partial charge in [0.1, 0.15) is 11.9 Å². The SMILES string of the molecule is COc1ccc(C(OC)c2cc3c(cc2NC(=O)C(F)(F)F)OCO3)cc1. The van der Waals surface area contributed by atoms with E-state index in [1.165, 1.54) is 26.4 Å². The second-order valence-corrected chi connectivity index (χ2v) is 5.63. The number of rotatable bonds is 5. The largest absolute Gasteiger partial charge is 0.497 e. The van der Waals surface area contributed by atoms with Gasteiger partial charge in [0.25, 0.3) is 0 Å². The zero-order valence-electron chi connectivity index (χ0n) is 14.4. The summed E-state index contributed by atoms with van der Waals surface area (Å²) in [4.78, 5) is 11.5. The lowest BCUT2D eigenvalue weighted by molar-refractivity contribution is -0.167. The quantitative estimate of drug-likeness (QED) is 0.854. The number of nitrogens with one attached hydrogen (secondary N) is 1. The lowest BCUT2D eigenvalue weighted by Gasteiger charge is -2.21. The van der Waals surface area contributed by atoms with Crippen LogP contribution in [-0.2, 0) is 9.53 Å². The first-order chi connectivity index (χ1) is 12.8. The van der Waals surface area contributed by atoms with Crippen molar-refractivity contribution in [3.05, 3.63) is 47.5 Å². The number of carbonyl (C=O) groups excluding carboxylic acids is 1. The molecule has 3 rings (SSSR count). The minimum absolute atomic E-state index is 0.0639. The Morgan fingerprint density at radius 3 is 2.30 bits per heavy atom. The van der Waals surface area contributed by atoms with Crippen molar-refractivity contribution in [3.63, 3.8) is 0 Å². The van der Waals surface area contributed by atoms with E-state index in [9.17, 15) is 18.0 Å². The number of benzene rings is 2. The molecule has 1 unspecified atom stereocenters. The summed E-state index contributed by atoms with van der Waals surface area (Å²) in [6.45, 7) is -0.0639. The van der Waals surface area contributed by atoms with Crippen LogP contribution in [0.15, 0.2) is 36.4 Å². The zero-order chi connectivity index (χ0) is 19.6. The van der Waals surface area contributed by atoms with E-state index in [0.29, 0.717) is 22.6 Å². The smallest absolute Gasteiger partial charge is 0.471 e. The fourth-order valence-corrected chi connectivity index (χ4v) is 2.70. The number of carbonyl (C=O) groups is 1. The molecule has 0 fully saturated rings. The van der Waals surface area contributed by atoms with Gasteiger partial charge in [-0.15, -0.1) is 0 Å². The van der Waals surface area contributed by atoms with Crippen molar-refractivity contribution < 1.29 is 36.9 Å². The predicted octanol–water partition coefficient (Wildman–Crippen LogP) is 3.66. The van der Waals surface area contributed by atoms with Crippen molar-refractivity contribution in [1.29, 1.82) is 0 Å².